The van der Waals surface area contributed by atoms with E-state index in [4.69, 9.17) is 0 Å². The summed E-state index contributed by atoms with van der Waals surface area (Å²) < 4.78 is 0. The quantitative estimate of drug-likeness (QED) is 0.639. The van der Waals surface area contributed by atoms with Gasteiger partial charge >= 0.3 is 0 Å². The number of ketones is 1. The molecule has 0 unspecified atom stereocenters. The molecule has 0 aliphatic rings. The number of carbonyl (C=O) groups is 1. The van der Waals surface area contributed by atoms with Gasteiger partial charge in [-0.1, -0.05) is 35.9 Å². The van der Waals surface area contributed by atoms with Crippen LogP contribution in [0.4, 0.5) is 0 Å². The third-order valence-corrected chi connectivity index (χ3v) is 2.82. The molecule has 1 heteroatoms. The van der Waals surface area contributed by atoms with Crippen LogP contribution in [0.15, 0.2) is 30.3 Å². The van der Waals surface area contributed by atoms with E-state index in [1.54, 1.807) is 6.92 Å². The first-order valence-electron chi connectivity index (χ1n) is 5.10. The topological polar surface area (TPSA) is 17.1 Å². The number of hydrogen-bond donors (Lipinski definition) is 0. The summed E-state index contributed by atoms with van der Waals surface area (Å²) in [6.07, 6.45) is 0. The minimum Gasteiger partial charge on any atom is -0.295 e. The summed E-state index contributed by atoms with van der Waals surface area (Å²) in [7, 11) is 0. The van der Waals surface area contributed by atoms with Crippen molar-refractivity contribution in [1.29, 1.82) is 0 Å². The molecule has 0 fully saturated rings. The van der Waals surface area contributed by atoms with Crippen molar-refractivity contribution in [1.82, 2.24) is 0 Å². The van der Waals surface area contributed by atoms with Crippen molar-refractivity contribution < 1.29 is 4.79 Å². The van der Waals surface area contributed by atoms with Crippen LogP contribution in [-0.4, -0.2) is 5.78 Å². The van der Waals surface area contributed by atoms with Crippen molar-refractivity contribution in [3.63, 3.8) is 0 Å². The summed E-state index contributed by atoms with van der Waals surface area (Å²) in [4.78, 5) is 11.4. The third kappa shape index (κ3) is 1.65. The number of carbonyl (C=O) groups excluding carboxylic acids is 1. The van der Waals surface area contributed by atoms with E-state index < -0.39 is 0 Å². The maximum atomic E-state index is 11.4. The lowest BCUT2D eigenvalue weighted by atomic mass is 9.97. The molecule has 0 heterocycles. The molecule has 0 spiro atoms. The van der Waals surface area contributed by atoms with Crippen molar-refractivity contribution in [2.45, 2.75) is 20.8 Å². The molecule has 2 rings (SSSR count). The fraction of sp³-hybridized carbons (Fsp3) is 0.214. The molecule has 0 bridgehead atoms. The van der Waals surface area contributed by atoms with Crippen molar-refractivity contribution in [2.24, 2.45) is 0 Å². The molecule has 0 N–H and O–H groups in total. The van der Waals surface area contributed by atoms with Crippen LogP contribution in [0.1, 0.15) is 28.4 Å². The fourth-order valence-electron chi connectivity index (χ4n) is 1.99. The van der Waals surface area contributed by atoms with Crippen LogP contribution in [0.5, 0.6) is 0 Å². The van der Waals surface area contributed by atoms with Crippen LogP contribution < -0.4 is 0 Å². The van der Waals surface area contributed by atoms with E-state index in [-0.39, 0.29) is 5.78 Å². The Morgan fingerprint density at radius 3 is 2.47 bits per heavy atom. The first-order chi connectivity index (χ1) is 7.09. The van der Waals surface area contributed by atoms with Crippen molar-refractivity contribution in [2.75, 3.05) is 0 Å². The van der Waals surface area contributed by atoms with Gasteiger partial charge in [-0.25, -0.2) is 0 Å². The van der Waals surface area contributed by atoms with Gasteiger partial charge in [0.05, 0.1) is 0 Å². The lowest BCUT2D eigenvalue weighted by molar-refractivity contribution is 0.101. The zero-order valence-electron chi connectivity index (χ0n) is 9.29. The second kappa shape index (κ2) is 3.50. The van der Waals surface area contributed by atoms with Crippen molar-refractivity contribution in [3.05, 3.63) is 47.0 Å². The van der Waals surface area contributed by atoms with E-state index in [1.807, 2.05) is 19.1 Å². The molecule has 0 radical (unpaired) electrons. The second-order valence-corrected chi connectivity index (χ2v) is 4.02. The molecule has 2 aromatic carbocycles. The van der Waals surface area contributed by atoms with Crippen molar-refractivity contribution in [3.8, 4) is 0 Å². The highest BCUT2D eigenvalue weighted by molar-refractivity contribution is 6.01. The van der Waals surface area contributed by atoms with Gasteiger partial charge < -0.3 is 0 Å². The van der Waals surface area contributed by atoms with E-state index >= 15 is 0 Å². The second-order valence-electron chi connectivity index (χ2n) is 4.02. The zero-order valence-corrected chi connectivity index (χ0v) is 9.29. The van der Waals surface area contributed by atoms with E-state index in [0.29, 0.717) is 0 Å². The van der Waals surface area contributed by atoms with E-state index in [1.165, 1.54) is 16.3 Å². The summed E-state index contributed by atoms with van der Waals surface area (Å²) in [6, 6.07) is 10.3. The highest BCUT2D eigenvalue weighted by Crippen LogP contribution is 2.23. The van der Waals surface area contributed by atoms with Crippen LogP contribution in [0, 0.1) is 13.8 Å². The van der Waals surface area contributed by atoms with Crippen LogP contribution in [0.2, 0.25) is 0 Å². The molecule has 0 aliphatic heterocycles. The summed E-state index contributed by atoms with van der Waals surface area (Å²) in [6.45, 7) is 5.70. The molecule has 0 atom stereocenters. The Balaban J connectivity index is 2.80. The smallest absolute Gasteiger partial charge is 0.160 e. The number of Topliss-reactive ketones (excluding diaryl/α,β-unsaturated/α-hetero) is 1. The van der Waals surface area contributed by atoms with E-state index in [9.17, 15) is 4.79 Å². The summed E-state index contributed by atoms with van der Waals surface area (Å²) in [5.74, 6) is 0.134. The lowest BCUT2D eigenvalue weighted by Gasteiger charge is -2.07. The number of hydrogen-bond acceptors (Lipinski definition) is 1. The molecule has 0 aliphatic carbocycles. The normalized spacial score (nSPS) is 10.6. The number of rotatable bonds is 1. The van der Waals surface area contributed by atoms with E-state index in [2.05, 4.69) is 25.1 Å². The Morgan fingerprint density at radius 2 is 1.80 bits per heavy atom. The molecular formula is C14H14O. The molecule has 0 aromatic heterocycles. The molecule has 1 nitrogen and oxygen atoms in total. The SMILES string of the molecule is CC(=O)c1ccc2cc(C)ccc2c1C. The average Bonchev–Trinajstić information content (AvgIpc) is 2.17. The molecule has 0 saturated heterocycles. The number of fused-ring (bicyclic) bond motifs is 1. The Kier molecular flexibility index (Phi) is 2.31. The number of benzene rings is 2. The van der Waals surface area contributed by atoms with Gasteiger partial charge in [-0.3, -0.25) is 4.79 Å². The van der Waals surface area contributed by atoms with Crippen LogP contribution in [-0.2, 0) is 0 Å². The Bertz CT molecular complexity index is 538. The van der Waals surface area contributed by atoms with Gasteiger partial charge in [-0.2, -0.15) is 0 Å². The standard InChI is InChI=1S/C14H14O/c1-9-4-6-14-10(2)13(11(3)15)7-5-12(14)8-9/h4-8H,1-3H3. The zero-order chi connectivity index (χ0) is 11.0. The number of aryl methyl sites for hydroxylation is 2. The summed E-state index contributed by atoms with van der Waals surface area (Å²) in [5, 5.41) is 2.38. The van der Waals surface area contributed by atoms with Crippen molar-refractivity contribution >= 4 is 16.6 Å². The van der Waals surface area contributed by atoms with Gasteiger partial charge in [0.15, 0.2) is 5.78 Å². The maximum Gasteiger partial charge on any atom is 0.160 e. The molecule has 0 amide bonds. The van der Waals surface area contributed by atoms with Gasteiger partial charge in [0, 0.05) is 5.56 Å². The summed E-state index contributed by atoms with van der Waals surface area (Å²) in [5.41, 5.74) is 3.16. The molecule has 0 saturated carbocycles. The Hall–Kier alpha value is -1.63. The Morgan fingerprint density at radius 1 is 1.07 bits per heavy atom. The molecule has 76 valence electrons. The fourth-order valence-corrected chi connectivity index (χ4v) is 1.99. The van der Waals surface area contributed by atoms with Gasteiger partial charge in [-0.15, -0.1) is 0 Å². The predicted octanol–water partition coefficient (Wildman–Crippen LogP) is 3.66. The first-order valence-corrected chi connectivity index (χ1v) is 5.10. The Labute approximate surface area is 89.7 Å². The predicted molar refractivity (Wildman–Crippen MR) is 63.4 cm³/mol. The van der Waals surface area contributed by atoms with Gasteiger partial charge in [0.2, 0.25) is 0 Å². The van der Waals surface area contributed by atoms with E-state index in [0.717, 1.165) is 11.1 Å². The monoisotopic (exact) mass is 198 g/mol. The van der Waals surface area contributed by atoms with Crippen LogP contribution in [0.25, 0.3) is 10.8 Å². The first kappa shape index (κ1) is 9.91. The summed E-state index contributed by atoms with van der Waals surface area (Å²) >= 11 is 0. The van der Waals surface area contributed by atoms with Crippen LogP contribution >= 0.6 is 0 Å². The van der Waals surface area contributed by atoms with Crippen LogP contribution in [0.3, 0.4) is 0 Å². The minimum atomic E-state index is 0.134. The van der Waals surface area contributed by atoms with Gasteiger partial charge in [-0.05, 0) is 37.1 Å². The van der Waals surface area contributed by atoms with Gasteiger partial charge in [0.1, 0.15) is 0 Å². The highest BCUT2D eigenvalue weighted by atomic mass is 16.1. The average molecular weight is 198 g/mol. The lowest BCUT2D eigenvalue weighted by Crippen LogP contribution is -1.96. The third-order valence-electron chi connectivity index (χ3n) is 2.82. The highest BCUT2D eigenvalue weighted by Gasteiger charge is 2.06. The largest absolute Gasteiger partial charge is 0.295 e. The molecule has 2 aromatic rings. The molecule has 15 heavy (non-hydrogen) atoms. The minimum absolute atomic E-state index is 0.134. The molecular weight excluding hydrogens is 184 g/mol. The van der Waals surface area contributed by atoms with Gasteiger partial charge in [0.25, 0.3) is 0 Å². The maximum absolute atomic E-state index is 11.4.